The molecule has 5 nitrogen and oxygen atoms in total. The molecule has 2 N–H and O–H groups in total. The van der Waals surface area contributed by atoms with E-state index in [0.717, 1.165) is 19.5 Å². The van der Waals surface area contributed by atoms with Gasteiger partial charge in [0.2, 0.25) is 0 Å². The lowest BCUT2D eigenvalue weighted by Crippen LogP contribution is -2.44. The minimum atomic E-state index is -0.673. The molecule has 0 aliphatic carbocycles. The number of hydrogen-bond acceptors (Lipinski definition) is 4. The first-order chi connectivity index (χ1) is 7.00. The number of rotatable bonds is 6. The van der Waals surface area contributed by atoms with Gasteiger partial charge in [0, 0.05) is 18.8 Å². The fourth-order valence-corrected chi connectivity index (χ4v) is 1.16. The van der Waals surface area contributed by atoms with Crippen LogP contribution in [0.4, 0.5) is 0 Å². The third kappa shape index (κ3) is 4.40. The van der Waals surface area contributed by atoms with Crippen LogP contribution < -0.4 is 5.32 Å². The Balaban J connectivity index is 2.12. The van der Waals surface area contributed by atoms with Crippen LogP contribution in [0.5, 0.6) is 0 Å². The molecule has 0 aromatic carbocycles. The molecule has 1 aromatic heterocycles. The van der Waals surface area contributed by atoms with E-state index in [9.17, 15) is 5.11 Å². The standard InChI is InChI=1S/C10H20N4O/c1-9(10(2,3)15)11-5-4-7-14-8-6-12-13-14/h6,8-9,11,15H,4-5,7H2,1-3H3. The van der Waals surface area contributed by atoms with Crippen LogP contribution in [-0.2, 0) is 6.54 Å². The fraction of sp³-hybridized carbons (Fsp3) is 0.800. The molecule has 0 spiro atoms. The first-order valence-electron chi connectivity index (χ1n) is 5.30. The largest absolute Gasteiger partial charge is 0.389 e. The van der Waals surface area contributed by atoms with Gasteiger partial charge in [0.05, 0.1) is 11.8 Å². The van der Waals surface area contributed by atoms with Crippen LogP contribution in [0.1, 0.15) is 27.2 Å². The molecule has 0 bridgehead atoms. The van der Waals surface area contributed by atoms with Gasteiger partial charge in [0.1, 0.15) is 0 Å². The van der Waals surface area contributed by atoms with Gasteiger partial charge in [-0.05, 0) is 33.7 Å². The summed E-state index contributed by atoms with van der Waals surface area (Å²) in [5.74, 6) is 0. The molecule has 0 saturated carbocycles. The lowest BCUT2D eigenvalue weighted by Gasteiger charge is -2.26. The molecule has 5 heteroatoms. The van der Waals surface area contributed by atoms with Crippen LogP contribution in [0.15, 0.2) is 12.4 Å². The normalized spacial score (nSPS) is 14.1. The topological polar surface area (TPSA) is 63.0 Å². The fourth-order valence-electron chi connectivity index (χ4n) is 1.16. The van der Waals surface area contributed by atoms with Gasteiger partial charge in [0.25, 0.3) is 0 Å². The van der Waals surface area contributed by atoms with Gasteiger partial charge in [-0.15, -0.1) is 5.10 Å². The third-order valence-corrected chi connectivity index (χ3v) is 2.55. The first-order valence-corrected chi connectivity index (χ1v) is 5.30. The zero-order chi connectivity index (χ0) is 11.3. The van der Waals surface area contributed by atoms with E-state index in [1.54, 1.807) is 10.9 Å². The second-order valence-corrected chi connectivity index (χ2v) is 4.35. The van der Waals surface area contributed by atoms with E-state index in [4.69, 9.17) is 0 Å². The van der Waals surface area contributed by atoms with Crippen LogP contribution in [-0.4, -0.2) is 38.3 Å². The number of nitrogens with one attached hydrogen (secondary N) is 1. The van der Waals surface area contributed by atoms with Crippen LogP contribution >= 0.6 is 0 Å². The Hall–Kier alpha value is -0.940. The number of hydrogen-bond donors (Lipinski definition) is 2. The summed E-state index contributed by atoms with van der Waals surface area (Å²) < 4.78 is 1.80. The summed E-state index contributed by atoms with van der Waals surface area (Å²) in [6.07, 6.45) is 4.50. The van der Waals surface area contributed by atoms with Gasteiger partial charge in [0.15, 0.2) is 0 Å². The van der Waals surface area contributed by atoms with Crippen LogP contribution in [0.2, 0.25) is 0 Å². The van der Waals surface area contributed by atoms with Crippen molar-refractivity contribution in [3.63, 3.8) is 0 Å². The van der Waals surface area contributed by atoms with Crippen LogP contribution in [0.3, 0.4) is 0 Å². The lowest BCUT2D eigenvalue weighted by atomic mass is 10.0. The number of aliphatic hydroxyl groups is 1. The molecule has 15 heavy (non-hydrogen) atoms. The van der Waals surface area contributed by atoms with Crippen molar-refractivity contribution in [2.45, 2.75) is 45.4 Å². The summed E-state index contributed by atoms with van der Waals surface area (Å²) in [6.45, 7) is 7.32. The van der Waals surface area contributed by atoms with Gasteiger partial charge in [-0.1, -0.05) is 5.21 Å². The number of aryl methyl sites for hydroxylation is 1. The molecule has 0 fully saturated rings. The molecule has 1 rings (SSSR count). The summed E-state index contributed by atoms with van der Waals surface area (Å²) >= 11 is 0. The maximum absolute atomic E-state index is 9.68. The van der Waals surface area contributed by atoms with E-state index in [0.29, 0.717) is 0 Å². The molecule has 0 aliphatic rings. The smallest absolute Gasteiger partial charge is 0.0741 e. The van der Waals surface area contributed by atoms with Crippen molar-refractivity contribution in [3.05, 3.63) is 12.4 Å². The number of nitrogens with zero attached hydrogens (tertiary/aromatic N) is 3. The van der Waals surface area contributed by atoms with Gasteiger partial charge in [-0.3, -0.25) is 4.68 Å². The molecule has 1 aromatic rings. The molecule has 0 saturated heterocycles. The van der Waals surface area contributed by atoms with Crippen molar-refractivity contribution >= 4 is 0 Å². The Bertz CT molecular complexity index is 265. The average Bonchev–Trinajstić information content (AvgIpc) is 2.63. The Morgan fingerprint density at radius 3 is 2.80 bits per heavy atom. The van der Waals surface area contributed by atoms with Crippen molar-refractivity contribution in [3.8, 4) is 0 Å². The van der Waals surface area contributed by atoms with E-state index in [-0.39, 0.29) is 6.04 Å². The SMILES string of the molecule is CC(NCCCn1ccnn1)C(C)(C)O. The maximum Gasteiger partial charge on any atom is 0.0741 e. The second-order valence-electron chi connectivity index (χ2n) is 4.35. The molecule has 0 radical (unpaired) electrons. The minimum absolute atomic E-state index is 0.0910. The molecule has 1 unspecified atom stereocenters. The molecule has 1 heterocycles. The highest BCUT2D eigenvalue weighted by molar-refractivity contribution is 4.79. The van der Waals surface area contributed by atoms with Gasteiger partial charge >= 0.3 is 0 Å². The van der Waals surface area contributed by atoms with Crippen molar-refractivity contribution in [1.29, 1.82) is 0 Å². The maximum atomic E-state index is 9.68. The van der Waals surface area contributed by atoms with Gasteiger partial charge in [-0.25, -0.2) is 0 Å². The Labute approximate surface area is 90.5 Å². The zero-order valence-electron chi connectivity index (χ0n) is 9.64. The van der Waals surface area contributed by atoms with Crippen molar-refractivity contribution in [2.24, 2.45) is 0 Å². The van der Waals surface area contributed by atoms with E-state index >= 15 is 0 Å². The number of aromatic nitrogens is 3. The van der Waals surface area contributed by atoms with Crippen molar-refractivity contribution < 1.29 is 5.11 Å². The summed E-state index contributed by atoms with van der Waals surface area (Å²) in [6, 6.07) is 0.0910. The van der Waals surface area contributed by atoms with E-state index in [1.807, 2.05) is 27.0 Å². The van der Waals surface area contributed by atoms with E-state index < -0.39 is 5.60 Å². The minimum Gasteiger partial charge on any atom is -0.389 e. The summed E-state index contributed by atoms with van der Waals surface area (Å²) in [4.78, 5) is 0. The summed E-state index contributed by atoms with van der Waals surface area (Å²) in [5.41, 5.74) is -0.673. The predicted molar refractivity (Wildman–Crippen MR) is 58.4 cm³/mol. The Kier molecular flexibility index (Phi) is 4.23. The lowest BCUT2D eigenvalue weighted by molar-refractivity contribution is 0.0443. The van der Waals surface area contributed by atoms with Crippen molar-refractivity contribution in [2.75, 3.05) is 6.54 Å². The molecule has 1 atom stereocenters. The van der Waals surface area contributed by atoms with E-state index in [1.165, 1.54) is 0 Å². The van der Waals surface area contributed by atoms with Crippen LogP contribution in [0.25, 0.3) is 0 Å². The molecule has 0 amide bonds. The highest BCUT2D eigenvalue weighted by Gasteiger charge is 2.20. The van der Waals surface area contributed by atoms with Crippen LogP contribution in [0, 0.1) is 0 Å². The van der Waals surface area contributed by atoms with Gasteiger partial charge < -0.3 is 10.4 Å². The second kappa shape index (κ2) is 5.23. The monoisotopic (exact) mass is 212 g/mol. The highest BCUT2D eigenvalue weighted by atomic mass is 16.3. The zero-order valence-corrected chi connectivity index (χ0v) is 9.64. The molecule has 86 valence electrons. The quantitative estimate of drug-likeness (QED) is 0.671. The van der Waals surface area contributed by atoms with Gasteiger partial charge in [-0.2, -0.15) is 0 Å². The Morgan fingerprint density at radius 1 is 1.53 bits per heavy atom. The first kappa shape index (κ1) is 12.1. The van der Waals surface area contributed by atoms with Crippen molar-refractivity contribution in [1.82, 2.24) is 20.3 Å². The average molecular weight is 212 g/mol. The third-order valence-electron chi connectivity index (χ3n) is 2.55. The molecular weight excluding hydrogens is 192 g/mol. The molecular formula is C10H20N4O. The Morgan fingerprint density at radius 2 is 2.27 bits per heavy atom. The predicted octanol–water partition coefficient (Wildman–Crippen LogP) is 0.417. The highest BCUT2D eigenvalue weighted by Crippen LogP contribution is 2.06. The summed E-state index contributed by atoms with van der Waals surface area (Å²) in [5, 5.41) is 20.6. The molecule has 0 aliphatic heterocycles. The van der Waals surface area contributed by atoms with E-state index in [2.05, 4.69) is 15.6 Å². The summed E-state index contributed by atoms with van der Waals surface area (Å²) in [7, 11) is 0.